The van der Waals surface area contributed by atoms with Crippen LogP contribution in [0.5, 0.6) is 0 Å². The first kappa shape index (κ1) is 21.2. The number of aromatic nitrogens is 2. The SMILES string of the molecule is O=C(CCC1(c2ccc(Br)cc2)c2ccccc2-c2nccn21)N1CCC(C(F)(F)F)C1. The summed E-state index contributed by atoms with van der Waals surface area (Å²) in [5.41, 5.74) is 2.41. The van der Waals surface area contributed by atoms with Gasteiger partial charge in [-0.05, 0) is 36.1 Å². The van der Waals surface area contributed by atoms with E-state index in [1.807, 2.05) is 54.7 Å². The third-order valence-electron chi connectivity index (χ3n) is 6.69. The second-order valence-corrected chi connectivity index (χ2v) is 9.32. The monoisotopic (exact) mass is 503 g/mol. The van der Waals surface area contributed by atoms with Gasteiger partial charge in [0.15, 0.2) is 0 Å². The van der Waals surface area contributed by atoms with Gasteiger partial charge in [-0.15, -0.1) is 0 Å². The standard InChI is InChI=1S/C24H21BrF3N3O/c25-18-7-5-16(6-8-18)23(11-9-21(32)30-13-10-17(15-30)24(26,27)28)20-4-2-1-3-19(20)22-29-12-14-31(22)23/h1-8,12,14,17H,9-11,13,15H2. The van der Waals surface area contributed by atoms with Gasteiger partial charge in [-0.1, -0.05) is 52.3 Å². The van der Waals surface area contributed by atoms with Crippen molar-refractivity contribution in [2.45, 2.75) is 31.0 Å². The second-order valence-electron chi connectivity index (χ2n) is 8.40. The number of hydrogen-bond donors (Lipinski definition) is 0. The minimum atomic E-state index is -4.26. The Morgan fingerprint density at radius 3 is 2.62 bits per heavy atom. The zero-order valence-corrected chi connectivity index (χ0v) is 18.7. The predicted octanol–water partition coefficient (Wildman–Crippen LogP) is 5.61. The highest BCUT2D eigenvalue weighted by molar-refractivity contribution is 9.10. The number of carbonyl (C=O) groups is 1. The minimum Gasteiger partial charge on any atom is -0.342 e. The highest BCUT2D eigenvalue weighted by Gasteiger charge is 2.47. The molecule has 166 valence electrons. The molecule has 1 fully saturated rings. The van der Waals surface area contributed by atoms with Crippen LogP contribution >= 0.6 is 15.9 Å². The van der Waals surface area contributed by atoms with E-state index in [0.717, 1.165) is 27.0 Å². The number of benzene rings is 2. The van der Waals surface area contributed by atoms with Crippen LogP contribution in [0.25, 0.3) is 11.4 Å². The fourth-order valence-corrected chi connectivity index (χ4v) is 5.36. The van der Waals surface area contributed by atoms with Gasteiger partial charge >= 0.3 is 6.18 Å². The lowest BCUT2D eigenvalue weighted by Gasteiger charge is -2.34. The molecule has 2 atom stereocenters. The molecule has 0 bridgehead atoms. The molecule has 2 aliphatic heterocycles. The van der Waals surface area contributed by atoms with Gasteiger partial charge in [0.05, 0.1) is 11.5 Å². The highest BCUT2D eigenvalue weighted by Crippen LogP contribution is 2.49. The number of carbonyl (C=O) groups excluding carboxylic acids is 1. The highest BCUT2D eigenvalue weighted by atomic mass is 79.9. The summed E-state index contributed by atoms with van der Waals surface area (Å²) in [5, 5.41) is 0. The summed E-state index contributed by atoms with van der Waals surface area (Å²) in [6.45, 7) is -0.0955. The summed E-state index contributed by atoms with van der Waals surface area (Å²) in [6, 6.07) is 16.0. The number of alkyl halides is 3. The summed E-state index contributed by atoms with van der Waals surface area (Å²) in [7, 11) is 0. The smallest absolute Gasteiger partial charge is 0.342 e. The van der Waals surface area contributed by atoms with Gasteiger partial charge in [-0.25, -0.2) is 4.98 Å². The molecule has 2 unspecified atom stereocenters. The van der Waals surface area contributed by atoms with Crippen LogP contribution in [0.1, 0.15) is 30.4 Å². The maximum absolute atomic E-state index is 13.1. The summed E-state index contributed by atoms with van der Waals surface area (Å²) >= 11 is 3.48. The van der Waals surface area contributed by atoms with E-state index >= 15 is 0 Å². The molecule has 1 amide bonds. The molecule has 3 aromatic rings. The Labute approximate surface area is 192 Å². The van der Waals surface area contributed by atoms with Gasteiger partial charge in [-0.2, -0.15) is 13.2 Å². The van der Waals surface area contributed by atoms with Crippen LogP contribution in [0.15, 0.2) is 65.4 Å². The van der Waals surface area contributed by atoms with Gasteiger partial charge in [0.25, 0.3) is 0 Å². The molecule has 0 saturated carbocycles. The summed E-state index contributed by atoms with van der Waals surface area (Å²) in [5.74, 6) is -0.840. The van der Waals surface area contributed by atoms with Gasteiger partial charge in [0.1, 0.15) is 5.82 Å². The Bertz CT molecular complexity index is 1160. The van der Waals surface area contributed by atoms with Crippen molar-refractivity contribution >= 4 is 21.8 Å². The molecule has 0 spiro atoms. The number of nitrogens with zero attached hydrogens (tertiary/aromatic N) is 3. The van der Waals surface area contributed by atoms with E-state index in [1.165, 1.54) is 4.90 Å². The molecule has 3 heterocycles. The van der Waals surface area contributed by atoms with E-state index < -0.39 is 17.6 Å². The fraction of sp³-hybridized carbons (Fsp3) is 0.333. The first-order valence-electron chi connectivity index (χ1n) is 10.5. The lowest BCUT2D eigenvalue weighted by Crippen LogP contribution is -2.37. The van der Waals surface area contributed by atoms with Crippen LogP contribution in [0.4, 0.5) is 13.2 Å². The first-order valence-corrected chi connectivity index (χ1v) is 11.3. The summed E-state index contributed by atoms with van der Waals surface area (Å²) < 4.78 is 42.3. The van der Waals surface area contributed by atoms with Crippen molar-refractivity contribution in [2.75, 3.05) is 13.1 Å². The number of rotatable bonds is 4. The average Bonchev–Trinajstić information content (AvgIpc) is 3.49. The first-order chi connectivity index (χ1) is 15.3. The zero-order chi connectivity index (χ0) is 22.5. The Morgan fingerprint density at radius 1 is 1.16 bits per heavy atom. The molecule has 2 aromatic carbocycles. The molecule has 0 aliphatic carbocycles. The zero-order valence-electron chi connectivity index (χ0n) is 17.1. The molecule has 1 aromatic heterocycles. The van der Waals surface area contributed by atoms with Crippen LogP contribution in [0, 0.1) is 5.92 Å². The fourth-order valence-electron chi connectivity index (χ4n) is 5.10. The van der Waals surface area contributed by atoms with Crippen molar-refractivity contribution in [3.63, 3.8) is 0 Å². The Hall–Kier alpha value is -2.61. The number of hydrogen-bond acceptors (Lipinski definition) is 2. The second kappa shape index (κ2) is 7.76. The molecule has 4 nitrogen and oxygen atoms in total. The molecule has 0 N–H and O–H groups in total. The van der Waals surface area contributed by atoms with Gasteiger partial charge in [0, 0.05) is 41.9 Å². The van der Waals surface area contributed by atoms with E-state index in [-0.39, 0.29) is 31.8 Å². The van der Waals surface area contributed by atoms with Crippen molar-refractivity contribution < 1.29 is 18.0 Å². The van der Waals surface area contributed by atoms with E-state index in [1.54, 1.807) is 6.20 Å². The van der Waals surface area contributed by atoms with E-state index in [9.17, 15) is 18.0 Å². The van der Waals surface area contributed by atoms with Crippen molar-refractivity contribution in [1.29, 1.82) is 0 Å². The Kier molecular flexibility index (Phi) is 5.15. The van der Waals surface area contributed by atoms with Crippen LogP contribution in [0.2, 0.25) is 0 Å². The molecule has 32 heavy (non-hydrogen) atoms. The van der Waals surface area contributed by atoms with Crippen molar-refractivity contribution in [1.82, 2.24) is 14.5 Å². The number of likely N-dealkylation sites (tertiary alicyclic amines) is 1. The molecular weight excluding hydrogens is 483 g/mol. The largest absolute Gasteiger partial charge is 0.393 e. The molecule has 8 heteroatoms. The molecule has 5 rings (SSSR count). The quantitative estimate of drug-likeness (QED) is 0.464. The lowest BCUT2D eigenvalue weighted by molar-refractivity contribution is -0.171. The minimum absolute atomic E-state index is 0.0262. The number of imidazole rings is 1. The summed E-state index contributed by atoms with van der Waals surface area (Å²) in [4.78, 5) is 18.9. The molecular formula is C24H21BrF3N3O. The van der Waals surface area contributed by atoms with Gasteiger partial charge < -0.3 is 9.47 Å². The Balaban J connectivity index is 1.50. The molecule has 1 saturated heterocycles. The van der Waals surface area contributed by atoms with E-state index in [2.05, 4.69) is 25.5 Å². The van der Waals surface area contributed by atoms with Crippen LogP contribution < -0.4 is 0 Å². The number of fused-ring (bicyclic) bond motifs is 3. The number of halogens is 4. The maximum atomic E-state index is 13.1. The predicted molar refractivity (Wildman–Crippen MR) is 118 cm³/mol. The normalized spacial score (nSPS) is 22.1. The number of amides is 1. The van der Waals surface area contributed by atoms with Crippen molar-refractivity contribution in [3.8, 4) is 11.4 Å². The molecule has 2 aliphatic rings. The van der Waals surface area contributed by atoms with Crippen molar-refractivity contribution in [3.05, 3.63) is 76.5 Å². The van der Waals surface area contributed by atoms with Crippen LogP contribution in [0.3, 0.4) is 0 Å². The topological polar surface area (TPSA) is 38.1 Å². The van der Waals surface area contributed by atoms with E-state index in [0.29, 0.717) is 6.42 Å². The Morgan fingerprint density at radius 2 is 1.91 bits per heavy atom. The van der Waals surface area contributed by atoms with Gasteiger partial charge in [-0.3, -0.25) is 4.79 Å². The van der Waals surface area contributed by atoms with Crippen LogP contribution in [-0.2, 0) is 10.3 Å². The summed E-state index contributed by atoms with van der Waals surface area (Å²) in [6.07, 6.45) is -0.0501. The third kappa shape index (κ3) is 3.36. The maximum Gasteiger partial charge on any atom is 0.393 e. The van der Waals surface area contributed by atoms with E-state index in [4.69, 9.17) is 0 Å². The molecule has 0 radical (unpaired) electrons. The lowest BCUT2D eigenvalue weighted by atomic mass is 9.79. The van der Waals surface area contributed by atoms with Crippen LogP contribution in [-0.4, -0.2) is 39.6 Å². The average molecular weight is 504 g/mol. The van der Waals surface area contributed by atoms with Crippen molar-refractivity contribution in [2.24, 2.45) is 5.92 Å². The van der Waals surface area contributed by atoms with Gasteiger partial charge in [0.2, 0.25) is 5.91 Å². The third-order valence-corrected chi connectivity index (χ3v) is 7.22.